The molecular formula is C12H15NO5S. The van der Waals surface area contributed by atoms with Crippen LogP contribution in [0.15, 0.2) is 11.4 Å². The van der Waals surface area contributed by atoms with Crippen LogP contribution in [0.1, 0.15) is 22.5 Å². The third-order valence-electron chi connectivity index (χ3n) is 3.32. The number of aliphatic carboxylic acids is 1. The molecule has 1 amide bonds. The van der Waals surface area contributed by atoms with Crippen molar-refractivity contribution in [2.45, 2.75) is 18.4 Å². The van der Waals surface area contributed by atoms with Crippen LogP contribution in [0.25, 0.3) is 0 Å². The van der Waals surface area contributed by atoms with Crippen molar-refractivity contribution in [2.75, 3.05) is 20.2 Å². The molecule has 1 saturated heterocycles. The maximum absolute atomic E-state index is 12.2. The van der Waals surface area contributed by atoms with Crippen LogP contribution >= 0.6 is 11.3 Å². The summed E-state index contributed by atoms with van der Waals surface area (Å²) in [5.41, 5.74) is -1.71. The van der Waals surface area contributed by atoms with Gasteiger partial charge in [0.2, 0.25) is 0 Å². The fourth-order valence-corrected chi connectivity index (χ4v) is 2.88. The first-order valence-corrected chi connectivity index (χ1v) is 6.72. The lowest BCUT2D eigenvalue weighted by atomic mass is 9.91. The van der Waals surface area contributed by atoms with Crippen molar-refractivity contribution in [3.63, 3.8) is 0 Å². The molecule has 0 bridgehead atoms. The topological polar surface area (TPSA) is 87.1 Å². The molecule has 1 aliphatic heterocycles. The van der Waals surface area contributed by atoms with E-state index < -0.39 is 11.6 Å². The van der Waals surface area contributed by atoms with Gasteiger partial charge in [0.1, 0.15) is 10.6 Å². The first kappa shape index (κ1) is 13.8. The zero-order valence-corrected chi connectivity index (χ0v) is 11.3. The van der Waals surface area contributed by atoms with E-state index in [9.17, 15) is 14.7 Å². The Morgan fingerprint density at radius 2 is 2.05 bits per heavy atom. The van der Waals surface area contributed by atoms with Crippen molar-refractivity contribution in [2.24, 2.45) is 0 Å². The average molecular weight is 285 g/mol. The summed E-state index contributed by atoms with van der Waals surface area (Å²) in [6.07, 6.45) is 0.0868. The van der Waals surface area contributed by atoms with E-state index in [2.05, 4.69) is 0 Å². The molecule has 2 N–H and O–H groups in total. The zero-order valence-electron chi connectivity index (χ0n) is 10.5. The molecule has 0 spiro atoms. The number of amides is 1. The number of carbonyl (C=O) groups excluding carboxylic acids is 1. The van der Waals surface area contributed by atoms with E-state index in [0.29, 0.717) is 10.6 Å². The van der Waals surface area contributed by atoms with Crippen molar-refractivity contribution in [3.05, 3.63) is 16.3 Å². The van der Waals surface area contributed by atoms with E-state index in [1.54, 1.807) is 16.3 Å². The molecule has 6 nitrogen and oxygen atoms in total. The summed E-state index contributed by atoms with van der Waals surface area (Å²) in [4.78, 5) is 25.2. The number of nitrogens with zero attached hydrogens (tertiary/aromatic N) is 1. The second-order valence-electron chi connectivity index (χ2n) is 4.45. The number of piperidine rings is 1. The molecule has 2 rings (SSSR count). The molecule has 0 aromatic carbocycles. The van der Waals surface area contributed by atoms with Crippen LogP contribution in [0.3, 0.4) is 0 Å². The van der Waals surface area contributed by atoms with Gasteiger partial charge in [-0.1, -0.05) is 0 Å². The van der Waals surface area contributed by atoms with E-state index in [1.807, 2.05) is 0 Å². The Morgan fingerprint density at radius 3 is 2.58 bits per heavy atom. The summed E-state index contributed by atoms with van der Waals surface area (Å²) in [7, 11) is 1.50. The molecule has 0 aliphatic carbocycles. The van der Waals surface area contributed by atoms with Crippen LogP contribution in [0.5, 0.6) is 5.75 Å². The Labute approximate surface area is 114 Å². The Balaban J connectivity index is 2.06. The summed E-state index contributed by atoms with van der Waals surface area (Å²) < 4.78 is 5.10. The number of methoxy groups -OCH3 is 1. The van der Waals surface area contributed by atoms with Gasteiger partial charge in [-0.3, -0.25) is 4.79 Å². The first-order valence-electron chi connectivity index (χ1n) is 5.84. The molecule has 1 aliphatic rings. The normalized spacial score (nSPS) is 18.1. The van der Waals surface area contributed by atoms with Crippen LogP contribution < -0.4 is 4.74 Å². The van der Waals surface area contributed by atoms with Crippen LogP contribution in [0, 0.1) is 0 Å². The predicted octanol–water partition coefficient (Wildman–Crippen LogP) is 0.808. The Kier molecular flexibility index (Phi) is 3.77. The fourth-order valence-electron chi connectivity index (χ4n) is 2.05. The number of ether oxygens (including phenoxy) is 1. The van der Waals surface area contributed by atoms with Crippen molar-refractivity contribution in [3.8, 4) is 5.75 Å². The minimum atomic E-state index is -1.71. The maximum Gasteiger partial charge on any atom is 0.335 e. The molecule has 0 atom stereocenters. The third-order valence-corrected chi connectivity index (χ3v) is 4.20. The highest BCUT2D eigenvalue weighted by Gasteiger charge is 2.40. The van der Waals surface area contributed by atoms with Gasteiger partial charge >= 0.3 is 5.97 Å². The number of hydrogen-bond acceptors (Lipinski definition) is 5. The summed E-state index contributed by atoms with van der Waals surface area (Å²) in [5, 5.41) is 20.5. The summed E-state index contributed by atoms with van der Waals surface area (Å²) in [6, 6.07) is 1.72. The van der Waals surface area contributed by atoms with Crippen molar-refractivity contribution in [1.29, 1.82) is 0 Å². The van der Waals surface area contributed by atoms with Gasteiger partial charge in [0.05, 0.1) is 7.11 Å². The molecular weight excluding hydrogens is 270 g/mol. The molecule has 1 aromatic heterocycles. The smallest absolute Gasteiger partial charge is 0.335 e. The molecule has 1 fully saturated rings. The summed E-state index contributed by atoms with van der Waals surface area (Å²) in [5.74, 6) is -0.887. The molecule has 1 aromatic rings. The predicted molar refractivity (Wildman–Crippen MR) is 68.6 cm³/mol. The summed E-state index contributed by atoms with van der Waals surface area (Å²) in [6.45, 7) is 0.450. The Hall–Kier alpha value is -1.60. The number of carboxylic acids is 1. The van der Waals surface area contributed by atoms with Crippen molar-refractivity contribution >= 4 is 23.2 Å². The molecule has 19 heavy (non-hydrogen) atoms. The van der Waals surface area contributed by atoms with Gasteiger partial charge in [-0.15, -0.1) is 11.3 Å². The van der Waals surface area contributed by atoms with Crippen LogP contribution in [-0.2, 0) is 4.79 Å². The Bertz CT molecular complexity index is 490. The first-order chi connectivity index (χ1) is 8.98. The van der Waals surface area contributed by atoms with Gasteiger partial charge in [0, 0.05) is 25.9 Å². The van der Waals surface area contributed by atoms with Gasteiger partial charge in [0.15, 0.2) is 5.60 Å². The number of hydrogen-bond donors (Lipinski definition) is 2. The second kappa shape index (κ2) is 5.18. The monoisotopic (exact) mass is 285 g/mol. The van der Waals surface area contributed by atoms with E-state index in [4.69, 9.17) is 9.84 Å². The minimum Gasteiger partial charge on any atom is -0.495 e. The molecule has 0 radical (unpaired) electrons. The highest BCUT2D eigenvalue weighted by atomic mass is 32.1. The quantitative estimate of drug-likeness (QED) is 0.858. The van der Waals surface area contributed by atoms with Gasteiger partial charge in [-0.05, 0) is 11.4 Å². The molecule has 2 heterocycles. The van der Waals surface area contributed by atoms with Crippen molar-refractivity contribution in [1.82, 2.24) is 4.90 Å². The largest absolute Gasteiger partial charge is 0.495 e. The standard InChI is InChI=1S/C12H15NO5S/c1-18-8-2-7-19-9(8)10(14)13-5-3-12(17,4-6-13)11(15)16/h2,7,17H,3-6H2,1H3,(H,15,16). The van der Waals surface area contributed by atoms with Crippen LogP contribution in [-0.4, -0.2) is 52.8 Å². The lowest BCUT2D eigenvalue weighted by molar-refractivity contribution is -0.162. The van der Waals surface area contributed by atoms with Crippen LogP contribution in [0.2, 0.25) is 0 Å². The number of thiophene rings is 1. The summed E-state index contributed by atoms with van der Waals surface area (Å²) >= 11 is 1.29. The minimum absolute atomic E-state index is 0.0434. The van der Waals surface area contributed by atoms with Gasteiger partial charge in [-0.25, -0.2) is 4.79 Å². The van der Waals surface area contributed by atoms with Gasteiger partial charge < -0.3 is 19.8 Å². The number of carbonyl (C=O) groups is 2. The van der Waals surface area contributed by atoms with E-state index in [1.165, 1.54) is 18.4 Å². The SMILES string of the molecule is COc1ccsc1C(=O)N1CCC(O)(C(=O)O)CC1. The Morgan fingerprint density at radius 1 is 1.42 bits per heavy atom. The highest BCUT2D eigenvalue weighted by Crippen LogP contribution is 2.29. The number of rotatable bonds is 3. The zero-order chi connectivity index (χ0) is 14.0. The van der Waals surface area contributed by atoms with E-state index in [-0.39, 0.29) is 31.8 Å². The molecule has 104 valence electrons. The van der Waals surface area contributed by atoms with E-state index >= 15 is 0 Å². The van der Waals surface area contributed by atoms with Gasteiger partial charge in [-0.2, -0.15) is 0 Å². The molecule has 0 unspecified atom stereocenters. The van der Waals surface area contributed by atoms with Crippen molar-refractivity contribution < 1.29 is 24.5 Å². The average Bonchev–Trinajstić information content (AvgIpc) is 2.87. The maximum atomic E-state index is 12.2. The lowest BCUT2D eigenvalue weighted by Crippen LogP contribution is -2.50. The number of carboxylic acid groups (broad SMARTS) is 1. The fraction of sp³-hybridized carbons (Fsp3) is 0.500. The molecule has 0 saturated carbocycles. The number of likely N-dealkylation sites (tertiary alicyclic amines) is 1. The van der Waals surface area contributed by atoms with Crippen LogP contribution in [0.4, 0.5) is 0 Å². The van der Waals surface area contributed by atoms with Gasteiger partial charge in [0.25, 0.3) is 5.91 Å². The number of aliphatic hydroxyl groups is 1. The lowest BCUT2D eigenvalue weighted by Gasteiger charge is -2.35. The molecule has 7 heteroatoms. The highest BCUT2D eigenvalue weighted by molar-refractivity contribution is 7.12. The third kappa shape index (κ3) is 2.57. The second-order valence-corrected chi connectivity index (χ2v) is 5.36. The van der Waals surface area contributed by atoms with E-state index in [0.717, 1.165) is 0 Å².